The van der Waals surface area contributed by atoms with Crippen LogP contribution in [0.15, 0.2) is 71.8 Å². The molecule has 0 bridgehead atoms. The van der Waals surface area contributed by atoms with Gasteiger partial charge in [-0.3, -0.25) is 4.79 Å². The number of nitrogens with one attached hydrogen (secondary N) is 1. The van der Waals surface area contributed by atoms with Crippen LogP contribution in [0.2, 0.25) is 10.0 Å². The van der Waals surface area contributed by atoms with Gasteiger partial charge >= 0.3 is 5.97 Å². The van der Waals surface area contributed by atoms with Crippen molar-refractivity contribution >= 4 is 41.3 Å². The zero-order valence-corrected chi connectivity index (χ0v) is 17.3. The van der Waals surface area contributed by atoms with Crippen LogP contribution in [-0.2, 0) is 0 Å². The number of methoxy groups -OCH3 is 1. The van der Waals surface area contributed by atoms with Gasteiger partial charge in [0.2, 0.25) is 0 Å². The van der Waals surface area contributed by atoms with Gasteiger partial charge < -0.3 is 9.47 Å². The second-order valence-electron chi connectivity index (χ2n) is 6.02. The van der Waals surface area contributed by atoms with Gasteiger partial charge in [0.1, 0.15) is 0 Å². The molecule has 3 aromatic carbocycles. The maximum Gasteiger partial charge on any atom is 0.343 e. The Bertz CT molecular complexity index is 1100. The Balaban J connectivity index is 1.67. The molecule has 8 heteroatoms. The van der Waals surface area contributed by atoms with Gasteiger partial charge in [0, 0.05) is 15.6 Å². The first-order chi connectivity index (χ1) is 14.5. The van der Waals surface area contributed by atoms with Crippen LogP contribution in [0.5, 0.6) is 11.5 Å². The van der Waals surface area contributed by atoms with E-state index in [0.717, 1.165) is 0 Å². The molecular weight excluding hydrogens is 427 g/mol. The highest BCUT2D eigenvalue weighted by molar-refractivity contribution is 6.31. The standard InChI is InChI=1S/C22H16Cl2N2O4/c1-29-20-11-14(13-25-26-21(27)16-3-2-4-18(24)12-16)5-10-19(20)30-22(28)15-6-8-17(23)9-7-15/h2-13H,1H3,(H,26,27)/b25-13+. The molecule has 1 N–H and O–H groups in total. The highest BCUT2D eigenvalue weighted by atomic mass is 35.5. The number of carbonyl (C=O) groups excluding carboxylic acids is 2. The highest BCUT2D eigenvalue weighted by Gasteiger charge is 2.13. The van der Waals surface area contributed by atoms with Crippen LogP contribution in [0, 0.1) is 0 Å². The fourth-order valence-electron chi connectivity index (χ4n) is 2.45. The van der Waals surface area contributed by atoms with E-state index in [4.69, 9.17) is 32.7 Å². The number of hydrazone groups is 1. The summed E-state index contributed by atoms with van der Waals surface area (Å²) in [7, 11) is 1.46. The zero-order valence-electron chi connectivity index (χ0n) is 15.8. The van der Waals surface area contributed by atoms with Crippen LogP contribution < -0.4 is 14.9 Å². The zero-order chi connectivity index (χ0) is 21.5. The Morgan fingerprint density at radius 3 is 2.37 bits per heavy atom. The van der Waals surface area contributed by atoms with E-state index < -0.39 is 11.9 Å². The summed E-state index contributed by atoms with van der Waals surface area (Å²) >= 11 is 11.7. The summed E-state index contributed by atoms with van der Waals surface area (Å²) in [4.78, 5) is 24.3. The molecule has 0 aromatic heterocycles. The lowest BCUT2D eigenvalue weighted by molar-refractivity contribution is 0.0729. The Morgan fingerprint density at radius 2 is 1.67 bits per heavy atom. The Hall–Kier alpha value is -3.35. The van der Waals surface area contributed by atoms with E-state index in [1.165, 1.54) is 13.3 Å². The molecule has 0 saturated heterocycles. The lowest BCUT2D eigenvalue weighted by atomic mass is 10.2. The van der Waals surface area contributed by atoms with E-state index >= 15 is 0 Å². The van der Waals surface area contributed by atoms with Gasteiger partial charge in [-0.05, 0) is 66.2 Å². The smallest absolute Gasteiger partial charge is 0.343 e. The molecule has 0 spiro atoms. The highest BCUT2D eigenvalue weighted by Crippen LogP contribution is 2.28. The van der Waals surface area contributed by atoms with Crippen LogP contribution in [0.3, 0.4) is 0 Å². The summed E-state index contributed by atoms with van der Waals surface area (Å²) in [5, 5.41) is 4.91. The van der Waals surface area contributed by atoms with E-state index in [2.05, 4.69) is 10.5 Å². The molecule has 3 aromatic rings. The Labute approximate surface area is 183 Å². The van der Waals surface area contributed by atoms with Crippen molar-refractivity contribution in [2.24, 2.45) is 5.10 Å². The van der Waals surface area contributed by atoms with Crippen molar-refractivity contribution in [1.29, 1.82) is 0 Å². The number of hydrogen-bond donors (Lipinski definition) is 1. The van der Waals surface area contributed by atoms with E-state index in [1.807, 2.05) is 0 Å². The molecule has 0 heterocycles. The van der Waals surface area contributed by atoms with E-state index in [9.17, 15) is 9.59 Å². The number of rotatable bonds is 6. The third-order valence-electron chi connectivity index (χ3n) is 3.94. The second-order valence-corrected chi connectivity index (χ2v) is 6.89. The number of halogens is 2. The van der Waals surface area contributed by atoms with Crippen LogP contribution in [0.1, 0.15) is 26.3 Å². The van der Waals surface area contributed by atoms with Crippen molar-refractivity contribution < 1.29 is 19.1 Å². The lowest BCUT2D eigenvalue weighted by Crippen LogP contribution is -2.17. The molecule has 0 aliphatic heterocycles. The average Bonchev–Trinajstić information content (AvgIpc) is 2.75. The van der Waals surface area contributed by atoms with E-state index in [1.54, 1.807) is 66.7 Å². The summed E-state index contributed by atoms with van der Waals surface area (Å²) in [6.45, 7) is 0. The van der Waals surface area contributed by atoms with Crippen LogP contribution in [0.4, 0.5) is 0 Å². The largest absolute Gasteiger partial charge is 0.493 e. The van der Waals surface area contributed by atoms with Crippen molar-refractivity contribution in [3.8, 4) is 11.5 Å². The van der Waals surface area contributed by atoms with Crippen LogP contribution in [-0.4, -0.2) is 25.2 Å². The fraction of sp³-hybridized carbons (Fsp3) is 0.0455. The first-order valence-electron chi connectivity index (χ1n) is 8.71. The molecule has 0 saturated carbocycles. The summed E-state index contributed by atoms with van der Waals surface area (Å²) in [6.07, 6.45) is 1.44. The Kier molecular flexibility index (Phi) is 7.06. The molecule has 1 amide bonds. The molecule has 0 fully saturated rings. The lowest BCUT2D eigenvalue weighted by Gasteiger charge is -2.10. The molecule has 3 rings (SSSR count). The SMILES string of the molecule is COc1cc(/C=N/NC(=O)c2cccc(Cl)c2)ccc1OC(=O)c1ccc(Cl)cc1. The van der Waals surface area contributed by atoms with E-state index in [0.29, 0.717) is 32.5 Å². The molecule has 0 aliphatic rings. The normalized spacial score (nSPS) is 10.6. The predicted molar refractivity (Wildman–Crippen MR) is 116 cm³/mol. The van der Waals surface area contributed by atoms with E-state index in [-0.39, 0.29) is 5.75 Å². The number of hydrogen-bond acceptors (Lipinski definition) is 5. The van der Waals surface area contributed by atoms with Gasteiger partial charge in [-0.25, -0.2) is 10.2 Å². The van der Waals surface area contributed by atoms with Gasteiger partial charge in [-0.15, -0.1) is 0 Å². The molecule has 152 valence electrons. The maximum atomic E-state index is 12.3. The molecule has 0 atom stereocenters. The minimum absolute atomic E-state index is 0.248. The molecule has 30 heavy (non-hydrogen) atoms. The number of amides is 1. The second kappa shape index (κ2) is 9.91. The molecular formula is C22H16Cl2N2O4. The third-order valence-corrected chi connectivity index (χ3v) is 4.42. The number of benzene rings is 3. The summed E-state index contributed by atoms with van der Waals surface area (Å²) < 4.78 is 10.7. The molecule has 0 unspecified atom stereocenters. The topological polar surface area (TPSA) is 77.0 Å². The number of nitrogens with zero attached hydrogens (tertiary/aromatic N) is 1. The third kappa shape index (κ3) is 5.59. The number of esters is 1. The maximum absolute atomic E-state index is 12.3. The van der Waals surface area contributed by atoms with Crippen molar-refractivity contribution in [2.75, 3.05) is 7.11 Å². The number of carbonyl (C=O) groups is 2. The minimum Gasteiger partial charge on any atom is -0.493 e. The van der Waals surface area contributed by atoms with Gasteiger partial charge in [0.25, 0.3) is 5.91 Å². The minimum atomic E-state index is -0.542. The summed E-state index contributed by atoms with van der Waals surface area (Å²) in [5.74, 6) is -0.352. The number of ether oxygens (including phenoxy) is 2. The monoisotopic (exact) mass is 442 g/mol. The summed E-state index contributed by atoms with van der Waals surface area (Å²) in [5.41, 5.74) is 3.80. The molecule has 6 nitrogen and oxygen atoms in total. The quantitative estimate of drug-likeness (QED) is 0.252. The van der Waals surface area contributed by atoms with Gasteiger partial charge in [0.15, 0.2) is 11.5 Å². The Morgan fingerprint density at radius 1 is 0.900 bits per heavy atom. The van der Waals surface area contributed by atoms with Crippen molar-refractivity contribution in [2.45, 2.75) is 0 Å². The molecule has 0 aliphatic carbocycles. The van der Waals surface area contributed by atoms with Crippen LogP contribution >= 0.6 is 23.2 Å². The first kappa shape index (κ1) is 21.4. The van der Waals surface area contributed by atoms with Gasteiger partial charge in [0.05, 0.1) is 18.9 Å². The van der Waals surface area contributed by atoms with Gasteiger partial charge in [-0.2, -0.15) is 5.10 Å². The fourth-order valence-corrected chi connectivity index (χ4v) is 2.77. The average molecular weight is 443 g/mol. The van der Waals surface area contributed by atoms with Crippen molar-refractivity contribution in [3.05, 3.63) is 93.5 Å². The predicted octanol–water partition coefficient (Wildman–Crippen LogP) is 4.99. The van der Waals surface area contributed by atoms with Crippen molar-refractivity contribution in [3.63, 3.8) is 0 Å². The van der Waals surface area contributed by atoms with Crippen LogP contribution in [0.25, 0.3) is 0 Å². The molecule has 0 radical (unpaired) electrons. The van der Waals surface area contributed by atoms with Gasteiger partial charge in [-0.1, -0.05) is 29.3 Å². The first-order valence-corrected chi connectivity index (χ1v) is 9.46. The van der Waals surface area contributed by atoms with Crippen molar-refractivity contribution in [1.82, 2.24) is 5.43 Å². The summed E-state index contributed by atoms with van der Waals surface area (Å²) in [6, 6.07) is 17.7.